The Labute approximate surface area is 79.1 Å². The van der Waals surface area contributed by atoms with Crippen LogP contribution in [0.25, 0.3) is 0 Å². The summed E-state index contributed by atoms with van der Waals surface area (Å²) in [7, 11) is 0. The number of hydrogen-bond donors (Lipinski definition) is 0. The van der Waals surface area contributed by atoms with Crippen molar-refractivity contribution < 1.29 is 0 Å². The molecule has 0 saturated carbocycles. The maximum atomic E-state index is 5.74. The second-order valence-electron chi connectivity index (χ2n) is 1.76. The van der Waals surface area contributed by atoms with Gasteiger partial charge in [-0.3, -0.25) is 18.9 Å². The molecule has 0 aliphatic rings. The smallest absolute Gasteiger partial charge is 0.291 e. The van der Waals surface area contributed by atoms with Crippen LogP contribution in [-0.2, 0) is 0 Å². The van der Waals surface area contributed by atoms with E-state index in [1.807, 2.05) is 18.2 Å². The first-order chi connectivity index (χ1) is 4.33. The zero-order valence-electron chi connectivity index (χ0n) is 4.77. The van der Waals surface area contributed by atoms with E-state index >= 15 is 0 Å². The van der Waals surface area contributed by atoms with Crippen molar-refractivity contribution in [2.45, 2.75) is 0 Å². The molecule has 0 saturated heterocycles. The fourth-order valence-corrected chi connectivity index (χ4v) is 2.91. The molecule has 0 N–H and O–H groups in total. The molecule has 0 unspecified atom stereocenters. The Hall–Kier alpha value is 1.01. The number of hydrogen-bond acceptors (Lipinski definition) is 0. The molecule has 3 heteroatoms. The highest BCUT2D eigenvalue weighted by atomic mass is 127. The van der Waals surface area contributed by atoms with Crippen molar-refractivity contribution in [3.63, 3.8) is 0 Å². The van der Waals surface area contributed by atoms with E-state index in [-0.39, 0.29) is 16.5 Å². The minimum atomic E-state index is -0.0446. The molecule has 0 aliphatic heterocycles. The van der Waals surface area contributed by atoms with Gasteiger partial charge in [-0.05, 0) is 6.07 Å². The summed E-state index contributed by atoms with van der Waals surface area (Å²) in [4.78, 5) is 0. The lowest BCUT2D eigenvalue weighted by atomic mass is 10.4. The molecule has 0 bridgehead atoms. The Morgan fingerprint density at radius 2 is 2.22 bits per heavy atom. The predicted molar refractivity (Wildman–Crippen MR) is 50.9 cm³/mol. The highest BCUT2D eigenvalue weighted by Crippen LogP contribution is 2.03. The summed E-state index contributed by atoms with van der Waals surface area (Å²) >= 11 is 8.15. The molecule has 1 aromatic rings. The highest BCUT2D eigenvalue weighted by Gasteiger charge is 1.93. The molecule has 0 nitrogen and oxygen atoms in total. The largest absolute Gasteiger partial charge is 0.502 e. The van der Waals surface area contributed by atoms with Gasteiger partial charge in [0.15, 0.2) is 0 Å². The zero-order chi connectivity index (χ0) is 6.69. The number of halogens is 2. The van der Waals surface area contributed by atoms with Crippen LogP contribution in [0.1, 0.15) is 0 Å². The number of rotatable bonds is 1. The molecule has 0 amide bonds. The van der Waals surface area contributed by atoms with E-state index in [0.29, 0.717) is 0 Å². The molecule has 9 heavy (non-hydrogen) atoms. The fourth-order valence-electron chi connectivity index (χ4n) is 0.620. The fraction of sp³-hybridized carbons (Fsp3) is 0. The molecular formula is C6H4ClIMg. The second kappa shape index (κ2) is 4.00. The molecule has 0 radical (unpaired) electrons. The van der Waals surface area contributed by atoms with Crippen LogP contribution in [0.3, 0.4) is 0 Å². The van der Waals surface area contributed by atoms with Crippen LogP contribution in [0, 0.1) is 0 Å². The van der Waals surface area contributed by atoms with Crippen molar-refractivity contribution in [2.24, 2.45) is 0 Å². The summed E-state index contributed by atoms with van der Waals surface area (Å²) in [6.07, 6.45) is 0. The SMILES string of the molecule is Clc1ccc[c]([Mg][I])c1. The quantitative estimate of drug-likeness (QED) is 0.537. The van der Waals surface area contributed by atoms with Gasteiger partial charge >= 0.3 is 16.5 Å². The molecule has 0 atom stereocenters. The van der Waals surface area contributed by atoms with Gasteiger partial charge in [0, 0.05) is 5.02 Å². The van der Waals surface area contributed by atoms with Crippen LogP contribution in [-0.4, -0.2) is 16.5 Å². The standard InChI is InChI=1S/C6H4Cl.HI.Mg/c7-6-4-2-1-3-5-6;;/h1-2,4-5H;1H;/q;;+1/p-1. The lowest BCUT2D eigenvalue weighted by Gasteiger charge is -1.92. The molecule has 44 valence electrons. The normalized spacial score (nSPS) is 8.67. The Bertz CT molecular complexity index is 202. The van der Waals surface area contributed by atoms with Gasteiger partial charge in [-0.15, -0.1) is 0 Å². The molecular weight excluding hydrogens is 259 g/mol. The summed E-state index contributed by atoms with van der Waals surface area (Å²) in [5, 5.41) is 0.858. The minimum Gasteiger partial charge on any atom is -0.291 e. The first kappa shape index (κ1) is 8.11. The van der Waals surface area contributed by atoms with Gasteiger partial charge in [-0.25, -0.2) is 0 Å². The second-order valence-corrected chi connectivity index (χ2v) is 5.57. The Morgan fingerprint density at radius 3 is 2.67 bits per heavy atom. The summed E-state index contributed by atoms with van der Waals surface area (Å²) in [5.41, 5.74) is 0. The van der Waals surface area contributed by atoms with Gasteiger partial charge in [-0.1, -0.05) is 29.8 Å². The molecule has 1 rings (SSSR count). The summed E-state index contributed by atoms with van der Waals surface area (Å²) in [5.74, 6) is 0. The predicted octanol–water partition coefficient (Wildman–Crippen LogP) is 2.02. The minimum absolute atomic E-state index is 0.0446. The van der Waals surface area contributed by atoms with Crippen LogP contribution in [0.15, 0.2) is 24.3 Å². The zero-order valence-corrected chi connectivity index (χ0v) is 9.10. The van der Waals surface area contributed by atoms with E-state index in [2.05, 4.69) is 24.9 Å². The molecule has 0 heterocycles. The van der Waals surface area contributed by atoms with Gasteiger partial charge in [0.25, 0.3) is 0 Å². The van der Waals surface area contributed by atoms with Gasteiger partial charge < -0.3 is 0 Å². The van der Waals surface area contributed by atoms with E-state index in [1.165, 1.54) is 3.69 Å². The third-order valence-electron chi connectivity index (χ3n) is 1.04. The van der Waals surface area contributed by atoms with Crippen molar-refractivity contribution in [1.82, 2.24) is 0 Å². The lowest BCUT2D eigenvalue weighted by molar-refractivity contribution is 1.77. The monoisotopic (exact) mass is 262 g/mol. The highest BCUT2D eigenvalue weighted by molar-refractivity contribution is 14.1. The Kier molecular flexibility index (Phi) is 3.61. The maximum absolute atomic E-state index is 5.74. The Morgan fingerprint density at radius 1 is 1.44 bits per heavy atom. The average Bonchev–Trinajstić information content (AvgIpc) is 1.88. The van der Waals surface area contributed by atoms with E-state index in [0.717, 1.165) is 5.02 Å². The van der Waals surface area contributed by atoms with E-state index in [4.69, 9.17) is 11.6 Å². The van der Waals surface area contributed by atoms with Gasteiger partial charge in [-0.2, -0.15) is 3.69 Å². The third kappa shape index (κ3) is 2.61. The van der Waals surface area contributed by atoms with Crippen molar-refractivity contribution in [3.8, 4) is 0 Å². The van der Waals surface area contributed by atoms with E-state index < -0.39 is 0 Å². The molecule has 0 aliphatic carbocycles. The molecule has 1 aromatic carbocycles. The van der Waals surface area contributed by atoms with Crippen LogP contribution in [0.4, 0.5) is 0 Å². The van der Waals surface area contributed by atoms with Gasteiger partial charge in [0.2, 0.25) is 0 Å². The Balaban J connectivity index is 2.94. The first-order valence-electron chi connectivity index (χ1n) is 2.63. The lowest BCUT2D eigenvalue weighted by Crippen LogP contribution is -2.05. The number of benzene rings is 1. The van der Waals surface area contributed by atoms with Crippen LogP contribution >= 0.6 is 30.5 Å². The van der Waals surface area contributed by atoms with Crippen LogP contribution in [0.5, 0.6) is 0 Å². The van der Waals surface area contributed by atoms with Gasteiger partial charge in [0.1, 0.15) is 0 Å². The first-order valence-corrected chi connectivity index (χ1v) is 8.83. The van der Waals surface area contributed by atoms with Crippen molar-refractivity contribution in [3.05, 3.63) is 29.3 Å². The van der Waals surface area contributed by atoms with Crippen molar-refractivity contribution in [2.75, 3.05) is 0 Å². The van der Waals surface area contributed by atoms with Crippen molar-refractivity contribution >= 4 is 50.6 Å². The van der Waals surface area contributed by atoms with E-state index in [9.17, 15) is 0 Å². The maximum Gasteiger partial charge on any atom is 0.502 e. The topological polar surface area (TPSA) is 0 Å². The molecule has 0 aromatic heterocycles. The molecule has 0 fully saturated rings. The average molecular weight is 263 g/mol. The summed E-state index contributed by atoms with van der Waals surface area (Å²) in [6.45, 7) is 0. The van der Waals surface area contributed by atoms with Crippen LogP contribution < -0.4 is 3.69 Å². The van der Waals surface area contributed by atoms with Crippen LogP contribution in [0.2, 0.25) is 5.02 Å². The summed E-state index contributed by atoms with van der Waals surface area (Å²) < 4.78 is 1.42. The molecule has 0 spiro atoms. The van der Waals surface area contributed by atoms with Crippen molar-refractivity contribution in [1.29, 1.82) is 0 Å². The summed E-state index contributed by atoms with van der Waals surface area (Å²) in [6, 6.07) is 8.08. The van der Waals surface area contributed by atoms with Gasteiger partial charge in [0.05, 0.1) is 0 Å². The van der Waals surface area contributed by atoms with E-state index in [1.54, 1.807) is 0 Å². The third-order valence-corrected chi connectivity index (χ3v) is 4.67.